The zero-order valence-corrected chi connectivity index (χ0v) is 13.4. The summed E-state index contributed by atoms with van der Waals surface area (Å²) in [6.07, 6.45) is 4.71. The first-order chi connectivity index (χ1) is 12.1. The van der Waals surface area contributed by atoms with Crippen LogP contribution in [-0.4, -0.2) is 26.2 Å². The molecule has 0 N–H and O–H groups in total. The molecule has 1 aromatic carbocycles. The lowest BCUT2D eigenvalue weighted by Crippen LogP contribution is -2.37. The molecule has 1 saturated carbocycles. The number of hydrogen-bond acceptors (Lipinski definition) is 3. The second-order valence-corrected chi connectivity index (χ2v) is 6.20. The van der Waals surface area contributed by atoms with Crippen LogP contribution in [0.25, 0.3) is 5.65 Å². The van der Waals surface area contributed by atoms with Crippen molar-refractivity contribution in [2.75, 3.05) is 0 Å². The Kier molecular flexibility index (Phi) is 3.80. The molecule has 2 heterocycles. The van der Waals surface area contributed by atoms with Gasteiger partial charge in [0.05, 0.1) is 0 Å². The lowest BCUT2D eigenvalue weighted by atomic mass is 10.2. The highest BCUT2D eigenvalue weighted by Gasteiger charge is 2.34. The number of nitrogens with zero attached hydrogens (tertiary/aromatic N) is 3. The average Bonchev–Trinajstić information content (AvgIpc) is 3.45. The zero-order chi connectivity index (χ0) is 17.4. The number of carbonyl (C=O) groups is 1. The van der Waals surface area contributed by atoms with E-state index in [0.717, 1.165) is 12.8 Å². The van der Waals surface area contributed by atoms with Gasteiger partial charge >= 0.3 is 0 Å². The number of halogens is 1. The van der Waals surface area contributed by atoms with E-state index < -0.39 is 0 Å². The summed E-state index contributed by atoms with van der Waals surface area (Å²) in [5, 5.41) is 0. The van der Waals surface area contributed by atoms with E-state index >= 15 is 0 Å². The summed E-state index contributed by atoms with van der Waals surface area (Å²) in [6, 6.07) is 11.5. The number of rotatable bonds is 4. The summed E-state index contributed by atoms with van der Waals surface area (Å²) in [6.45, 7) is 0.276. The van der Waals surface area contributed by atoms with Crippen LogP contribution in [-0.2, 0) is 6.54 Å². The number of aromatic nitrogens is 2. The van der Waals surface area contributed by atoms with Crippen molar-refractivity contribution in [1.82, 2.24) is 14.3 Å². The highest BCUT2D eigenvalue weighted by atomic mass is 19.1. The van der Waals surface area contributed by atoms with Crippen molar-refractivity contribution < 1.29 is 9.18 Å². The minimum Gasteiger partial charge on any atom is -0.331 e. The highest BCUT2D eigenvalue weighted by Crippen LogP contribution is 2.29. The van der Waals surface area contributed by atoms with Gasteiger partial charge in [0.1, 0.15) is 17.0 Å². The summed E-state index contributed by atoms with van der Waals surface area (Å²) in [7, 11) is 0. The van der Waals surface area contributed by atoms with Crippen LogP contribution in [0.2, 0.25) is 0 Å². The van der Waals surface area contributed by atoms with Crippen LogP contribution in [0.1, 0.15) is 28.8 Å². The third-order valence-corrected chi connectivity index (χ3v) is 4.33. The molecular formula is C19H16FN3O2. The van der Waals surface area contributed by atoms with Gasteiger partial charge in [-0.2, -0.15) is 0 Å². The van der Waals surface area contributed by atoms with Crippen molar-refractivity contribution in [2.24, 2.45) is 0 Å². The average molecular weight is 337 g/mol. The molecule has 2 aromatic heterocycles. The van der Waals surface area contributed by atoms with Crippen LogP contribution in [0.15, 0.2) is 59.7 Å². The third-order valence-electron chi connectivity index (χ3n) is 4.33. The number of hydrogen-bond donors (Lipinski definition) is 0. The van der Waals surface area contributed by atoms with E-state index in [1.165, 1.54) is 22.7 Å². The van der Waals surface area contributed by atoms with E-state index in [4.69, 9.17) is 0 Å². The van der Waals surface area contributed by atoms with E-state index in [-0.39, 0.29) is 35.4 Å². The van der Waals surface area contributed by atoms with Crippen molar-refractivity contribution >= 4 is 11.6 Å². The van der Waals surface area contributed by atoms with Gasteiger partial charge in [-0.3, -0.25) is 14.0 Å². The Morgan fingerprint density at radius 3 is 2.84 bits per heavy atom. The van der Waals surface area contributed by atoms with Crippen molar-refractivity contribution in [2.45, 2.75) is 25.4 Å². The molecule has 0 radical (unpaired) electrons. The van der Waals surface area contributed by atoms with Gasteiger partial charge in [0.25, 0.3) is 11.5 Å². The van der Waals surface area contributed by atoms with Gasteiger partial charge in [-0.15, -0.1) is 0 Å². The van der Waals surface area contributed by atoms with Crippen molar-refractivity contribution in [3.8, 4) is 0 Å². The maximum atomic E-state index is 13.4. The standard InChI is InChI=1S/C19H16FN3O2/c20-14-5-3-4-13(10-14)12-23(15-7-8-15)19(25)16-11-21-17-6-1-2-9-22(17)18(16)24/h1-6,9-11,15H,7-8,12H2. The molecule has 5 nitrogen and oxygen atoms in total. The Morgan fingerprint density at radius 2 is 2.08 bits per heavy atom. The van der Waals surface area contributed by atoms with Crippen LogP contribution in [0.4, 0.5) is 4.39 Å². The molecule has 0 aliphatic heterocycles. The number of benzene rings is 1. The van der Waals surface area contributed by atoms with Gasteiger partial charge in [-0.1, -0.05) is 18.2 Å². The molecule has 126 valence electrons. The number of pyridine rings is 1. The first kappa shape index (κ1) is 15.5. The Bertz CT molecular complexity index is 1010. The topological polar surface area (TPSA) is 54.7 Å². The maximum Gasteiger partial charge on any atom is 0.270 e. The fourth-order valence-corrected chi connectivity index (χ4v) is 2.91. The lowest BCUT2D eigenvalue weighted by Gasteiger charge is -2.22. The lowest BCUT2D eigenvalue weighted by molar-refractivity contribution is 0.0727. The molecule has 0 saturated heterocycles. The van der Waals surface area contributed by atoms with Gasteiger partial charge in [0.2, 0.25) is 0 Å². The molecule has 0 bridgehead atoms. The molecule has 1 aliphatic carbocycles. The smallest absolute Gasteiger partial charge is 0.270 e. The summed E-state index contributed by atoms with van der Waals surface area (Å²) >= 11 is 0. The summed E-state index contributed by atoms with van der Waals surface area (Å²) in [5.74, 6) is -0.698. The van der Waals surface area contributed by atoms with E-state index in [2.05, 4.69) is 4.98 Å². The maximum absolute atomic E-state index is 13.4. The Labute approximate surface area is 143 Å². The molecule has 4 rings (SSSR count). The zero-order valence-electron chi connectivity index (χ0n) is 13.4. The first-order valence-corrected chi connectivity index (χ1v) is 8.15. The molecule has 1 fully saturated rings. The SMILES string of the molecule is O=C(c1cnc2ccccn2c1=O)N(Cc1cccc(F)c1)C1CC1. The summed E-state index contributed by atoms with van der Waals surface area (Å²) in [4.78, 5) is 31.4. The first-order valence-electron chi connectivity index (χ1n) is 8.15. The molecule has 0 spiro atoms. The number of amides is 1. The number of carbonyl (C=O) groups excluding carboxylic acids is 1. The molecule has 0 atom stereocenters. The molecule has 25 heavy (non-hydrogen) atoms. The van der Waals surface area contributed by atoms with E-state index in [0.29, 0.717) is 11.2 Å². The largest absolute Gasteiger partial charge is 0.331 e. The summed E-state index contributed by atoms with van der Waals surface area (Å²) in [5.41, 5.74) is 0.841. The van der Waals surface area contributed by atoms with Gasteiger partial charge in [-0.05, 0) is 42.7 Å². The molecule has 1 amide bonds. The van der Waals surface area contributed by atoms with Gasteiger partial charge < -0.3 is 4.90 Å². The summed E-state index contributed by atoms with van der Waals surface area (Å²) < 4.78 is 14.8. The van der Waals surface area contributed by atoms with Crippen LogP contribution in [0, 0.1) is 5.82 Å². The monoisotopic (exact) mass is 337 g/mol. The van der Waals surface area contributed by atoms with Gasteiger partial charge in [0.15, 0.2) is 0 Å². The van der Waals surface area contributed by atoms with Crippen LogP contribution in [0.3, 0.4) is 0 Å². The van der Waals surface area contributed by atoms with Gasteiger partial charge in [-0.25, -0.2) is 9.37 Å². The van der Waals surface area contributed by atoms with Crippen LogP contribution >= 0.6 is 0 Å². The predicted octanol–water partition coefficient (Wildman–Crippen LogP) is 2.64. The fourth-order valence-electron chi connectivity index (χ4n) is 2.91. The highest BCUT2D eigenvalue weighted by molar-refractivity contribution is 5.94. The number of fused-ring (bicyclic) bond motifs is 1. The van der Waals surface area contributed by atoms with Crippen molar-refractivity contribution in [1.29, 1.82) is 0 Å². The fraction of sp³-hybridized carbons (Fsp3) is 0.211. The van der Waals surface area contributed by atoms with Gasteiger partial charge in [0, 0.05) is 25.0 Å². The van der Waals surface area contributed by atoms with Crippen LogP contribution < -0.4 is 5.56 Å². The van der Waals surface area contributed by atoms with E-state index in [1.54, 1.807) is 41.4 Å². The molecule has 3 aromatic rings. The Balaban J connectivity index is 1.70. The third kappa shape index (κ3) is 3.03. The van der Waals surface area contributed by atoms with Crippen molar-refractivity contribution in [3.63, 3.8) is 0 Å². The van der Waals surface area contributed by atoms with E-state index in [1.807, 2.05) is 0 Å². The quantitative estimate of drug-likeness (QED) is 0.735. The van der Waals surface area contributed by atoms with Crippen molar-refractivity contribution in [3.05, 3.63) is 82.2 Å². The second-order valence-electron chi connectivity index (χ2n) is 6.20. The molecule has 6 heteroatoms. The molecule has 0 unspecified atom stereocenters. The van der Waals surface area contributed by atoms with E-state index in [9.17, 15) is 14.0 Å². The Morgan fingerprint density at radius 1 is 1.24 bits per heavy atom. The van der Waals surface area contributed by atoms with Crippen LogP contribution in [0.5, 0.6) is 0 Å². The Hall–Kier alpha value is -3.02. The normalized spacial score (nSPS) is 13.8. The minimum absolute atomic E-state index is 0.0343. The minimum atomic E-state index is -0.388. The second kappa shape index (κ2) is 6.12. The molecule has 1 aliphatic rings. The predicted molar refractivity (Wildman–Crippen MR) is 90.8 cm³/mol. The molecular weight excluding hydrogens is 321 g/mol.